The first-order valence-electron chi connectivity index (χ1n) is 6.32. The van der Waals surface area contributed by atoms with Gasteiger partial charge in [-0.25, -0.2) is 0 Å². The Balaban J connectivity index is 1.71. The van der Waals surface area contributed by atoms with E-state index in [0.29, 0.717) is 5.84 Å². The summed E-state index contributed by atoms with van der Waals surface area (Å²) in [5.41, 5.74) is 7.01. The van der Waals surface area contributed by atoms with Gasteiger partial charge in [0.15, 0.2) is 0 Å². The van der Waals surface area contributed by atoms with E-state index in [9.17, 15) is 0 Å². The molecule has 0 radical (unpaired) electrons. The zero-order valence-corrected chi connectivity index (χ0v) is 10.5. The number of hydrogen-bond acceptors (Lipinski definition) is 3. The SMILES string of the molecule is C#C[C@@H]1CC(N)=NC1CCNCc1ccccc1. The van der Waals surface area contributed by atoms with Gasteiger partial charge in [-0.05, 0) is 18.5 Å². The number of terminal acetylenes is 1. The van der Waals surface area contributed by atoms with Crippen LogP contribution in [0.2, 0.25) is 0 Å². The summed E-state index contributed by atoms with van der Waals surface area (Å²) in [6, 6.07) is 10.5. The fourth-order valence-corrected chi connectivity index (χ4v) is 2.23. The first-order chi connectivity index (χ1) is 8.79. The lowest BCUT2D eigenvalue weighted by atomic mass is 9.98. The van der Waals surface area contributed by atoms with Gasteiger partial charge in [-0.3, -0.25) is 4.99 Å². The number of benzene rings is 1. The average Bonchev–Trinajstić information content (AvgIpc) is 2.76. The second kappa shape index (κ2) is 6.23. The number of hydrogen-bond donors (Lipinski definition) is 2. The minimum Gasteiger partial charge on any atom is -0.387 e. The lowest BCUT2D eigenvalue weighted by Crippen LogP contribution is -2.22. The van der Waals surface area contributed by atoms with Gasteiger partial charge in [-0.15, -0.1) is 12.3 Å². The molecule has 94 valence electrons. The monoisotopic (exact) mass is 241 g/mol. The summed E-state index contributed by atoms with van der Waals surface area (Å²) in [6.07, 6.45) is 7.18. The third-order valence-corrected chi connectivity index (χ3v) is 3.23. The molecule has 3 heteroatoms. The second-order valence-corrected chi connectivity index (χ2v) is 4.62. The average molecular weight is 241 g/mol. The first kappa shape index (κ1) is 12.7. The summed E-state index contributed by atoms with van der Waals surface area (Å²) >= 11 is 0. The molecule has 1 aliphatic rings. The minimum absolute atomic E-state index is 0.184. The maximum Gasteiger partial charge on any atom is 0.0954 e. The van der Waals surface area contributed by atoms with E-state index in [1.165, 1.54) is 5.56 Å². The van der Waals surface area contributed by atoms with Crippen LogP contribution in [0.25, 0.3) is 0 Å². The van der Waals surface area contributed by atoms with E-state index < -0.39 is 0 Å². The Labute approximate surface area is 108 Å². The molecule has 0 spiro atoms. The van der Waals surface area contributed by atoms with Crippen LogP contribution < -0.4 is 11.1 Å². The van der Waals surface area contributed by atoms with Crippen molar-refractivity contribution in [3.63, 3.8) is 0 Å². The van der Waals surface area contributed by atoms with Gasteiger partial charge in [0.05, 0.1) is 11.9 Å². The highest BCUT2D eigenvalue weighted by Crippen LogP contribution is 2.21. The van der Waals surface area contributed by atoms with E-state index in [4.69, 9.17) is 12.2 Å². The molecule has 2 atom stereocenters. The highest BCUT2D eigenvalue weighted by molar-refractivity contribution is 5.83. The summed E-state index contributed by atoms with van der Waals surface area (Å²) < 4.78 is 0. The van der Waals surface area contributed by atoms with Crippen molar-refractivity contribution in [1.29, 1.82) is 0 Å². The molecule has 0 saturated carbocycles. The molecule has 0 bridgehead atoms. The van der Waals surface area contributed by atoms with Crippen LogP contribution in [0.5, 0.6) is 0 Å². The third kappa shape index (κ3) is 3.35. The van der Waals surface area contributed by atoms with Crippen LogP contribution in [0.3, 0.4) is 0 Å². The number of nitrogens with one attached hydrogen (secondary N) is 1. The molecule has 3 nitrogen and oxygen atoms in total. The predicted octanol–water partition coefficient (Wildman–Crippen LogP) is 1.55. The minimum atomic E-state index is 0.184. The number of nitrogens with zero attached hydrogens (tertiary/aromatic N) is 1. The fraction of sp³-hybridized carbons (Fsp3) is 0.400. The highest BCUT2D eigenvalue weighted by Gasteiger charge is 2.25. The maximum absolute atomic E-state index is 5.72. The largest absolute Gasteiger partial charge is 0.387 e. The summed E-state index contributed by atoms with van der Waals surface area (Å²) in [6.45, 7) is 1.79. The summed E-state index contributed by atoms with van der Waals surface area (Å²) in [4.78, 5) is 4.40. The van der Waals surface area contributed by atoms with Crippen molar-refractivity contribution in [3.8, 4) is 12.3 Å². The van der Waals surface area contributed by atoms with Gasteiger partial charge in [0.1, 0.15) is 0 Å². The Hall–Kier alpha value is -1.79. The number of rotatable bonds is 5. The van der Waals surface area contributed by atoms with Crippen molar-refractivity contribution in [2.75, 3.05) is 6.54 Å². The highest BCUT2D eigenvalue weighted by atomic mass is 14.9. The zero-order chi connectivity index (χ0) is 12.8. The van der Waals surface area contributed by atoms with Crippen molar-refractivity contribution >= 4 is 5.84 Å². The van der Waals surface area contributed by atoms with Gasteiger partial charge in [0.2, 0.25) is 0 Å². The van der Waals surface area contributed by atoms with E-state index in [1.807, 2.05) is 18.2 Å². The quantitative estimate of drug-likeness (QED) is 0.607. The second-order valence-electron chi connectivity index (χ2n) is 4.62. The van der Waals surface area contributed by atoms with Crippen LogP contribution in [-0.2, 0) is 6.54 Å². The van der Waals surface area contributed by atoms with Crippen LogP contribution >= 0.6 is 0 Å². The van der Waals surface area contributed by atoms with E-state index in [2.05, 4.69) is 28.4 Å². The third-order valence-electron chi connectivity index (χ3n) is 3.23. The lowest BCUT2D eigenvalue weighted by molar-refractivity contribution is 0.504. The molecular weight excluding hydrogens is 222 g/mol. The Morgan fingerprint density at radius 1 is 1.39 bits per heavy atom. The van der Waals surface area contributed by atoms with Crippen molar-refractivity contribution in [2.45, 2.75) is 25.4 Å². The molecular formula is C15H19N3. The van der Waals surface area contributed by atoms with Crippen LogP contribution in [0.15, 0.2) is 35.3 Å². The standard InChI is InChI=1S/C15H19N3/c1-2-13-10-15(16)18-14(13)8-9-17-11-12-6-4-3-5-7-12/h1,3-7,13-14,17H,8-11H2,(H2,16,18)/t13-,14?/m1/s1. The van der Waals surface area contributed by atoms with Gasteiger partial charge in [0, 0.05) is 18.9 Å². The Bertz CT molecular complexity index is 445. The molecule has 1 aromatic rings. The van der Waals surface area contributed by atoms with E-state index in [1.54, 1.807) is 0 Å². The van der Waals surface area contributed by atoms with Gasteiger partial charge < -0.3 is 11.1 Å². The number of amidine groups is 1. The van der Waals surface area contributed by atoms with Crippen molar-refractivity contribution < 1.29 is 0 Å². The van der Waals surface area contributed by atoms with Gasteiger partial charge in [-0.2, -0.15) is 0 Å². The lowest BCUT2D eigenvalue weighted by Gasteiger charge is -2.12. The molecule has 1 aromatic carbocycles. The topological polar surface area (TPSA) is 50.4 Å². The van der Waals surface area contributed by atoms with Crippen molar-refractivity contribution in [1.82, 2.24) is 5.32 Å². The summed E-state index contributed by atoms with van der Waals surface area (Å²) in [7, 11) is 0. The molecule has 0 saturated heterocycles. The normalized spacial score (nSPS) is 22.5. The Morgan fingerprint density at radius 3 is 2.89 bits per heavy atom. The molecule has 0 fully saturated rings. The van der Waals surface area contributed by atoms with Crippen LogP contribution in [-0.4, -0.2) is 18.4 Å². The molecule has 2 rings (SSSR count). The Kier molecular flexibility index (Phi) is 4.38. The summed E-state index contributed by atoms with van der Waals surface area (Å²) in [5.74, 6) is 3.66. The molecule has 0 aliphatic carbocycles. The zero-order valence-electron chi connectivity index (χ0n) is 10.5. The van der Waals surface area contributed by atoms with Crippen molar-refractivity contribution in [2.24, 2.45) is 16.6 Å². The maximum atomic E-state index is 5.72. The van der Waals surface area contributed by atoms with Crippen LogP contribution in [0.4, 0.5) is 0 Å². The molecule has 3 N–H and O–H groups in total. The number of aliphatic imine (C=N–C) groups is 1. The van der Waals surface area contributed by atoms with Crippen LogP contribution in [0.1, 0.15) is 18.4 Å². The Morgan fingerprint density at radius 2 is 2.17 bits per heavy atom. The molecule has 1 aliphatic heterocycles. The summed E-state index contributed by atoms with van der Waals surface area (Å²) in [5, 5.41) is 3.41. The molecule has 0 aromatic heterocycles. The first-order valence-corrected chi connectivity index (χ1v) is 6.32. The van der Waals surface area contributed by atoms with E-state index in [0.717, 1.165) is 25.9 Å². The van der Waals surface area contributed by atoms with Gasteiger partial charge in [0.25, 0.3) is 0 Å². The van der Waals surface area contributed by atoms with E-state index in [-0.39, 0.29) is 12.0 Å². The van der Waals surface area contributed by atoms with Gasteiger partial charge >= 0.3 is 0 Å². The van der Waals surface area contributed by atoms with Gasteiger partial charge in [-0.1, -0.05) is 30.3 Å². The van der Waals surface area contributed by atoms with E-state index >= 15 is 0 Å². The predicted molar refractivity (Wildman–Crippen MR) is 75.1 cm³/mol. The molecule has 1 unspecified atom stereocenters. The molecule has 1 heterocycles. The molecule has 18 heavy (non-hydrogen) atoms. The number of nitrogens with two attached hydrogens (primary N) is 1. The van der Waals surface area contributed by atoms with Crippen molar-refractivity contribution in [3.05, 3.63) is 35.9 Å². The fourth-order valence-electron chi connectivity index (χ4n) is 2.23. The molecule has 0 amide bonds. The van der Waals surface area contributed by atoms with Crippen LogP contribution in [0, 0.1) is 18.3 Å². The smallest absolute Gasteiger partial charge is 0.0954 e.